The van der Waals surface area contributed by atoms with Crippen molar-refractivity contribution >= 4 is 35.8 Å². The van der Waals surface area contributed by atoms with Gasteiger partial charge in [0.05, 0.1) is 12.2 Å². The molecule has 1 saturated heterocycles. The summed E-state index contributed by atoms with van der Waals surface area (Å²) in [6, 6.07) is 13.1. The zero-order valence-corrected chi connectivity index (χ0v) is 18.8. The molecule has 1 unspecified atom stereocenters. The van der Waals surface area contributed by atoms with Crippen molar-refractivity contribution in [3.05, 3.63) is 65.7 Å². The van der Waals surface area contributed by atoms with Gasteiger partial charge in [0, 0.05) is 45.2 Å². The Morgan fingerprint density at radius 1 is 1.24 bits per heavy atom. The van der Waals surface area contributed by atoms with Crippen LogP contribution in [0.1, 0.15) is 17.7 Å². The van der Waals surface area contributed by atoms with E-state index < -0.39 is 0 Å². The minimum Gasteiger partial charge on any atom is -0.356 e. The maximum Gasteiger partial charge on any atom is 0.223 e. The SMILES string of the molecule is CN=C(NCc1ncccc1F)NCC1CC(=O)N(CCc2ccccc2)C1.I. The summed E-state index contributed by atoms with van der Waals surface area (Å²) in [6.45, 7) is 2.37. The van der Waals surface area contributed by atoms with Gasteiger partial charge in [0.15, 0.2) is 5.96 Å². The fourth-order valence-corrected chi connectivity index (χ4v) is 3.29. The van der Waals surface area contributed by atoms with E-state index in [1.807, 2.05) is 23.1 Å². The highest BCUT2D eigenvalue weighted by atomic mass is 127. The summed E-state index contributed by atoms with van der Waals surface area (Å²) < 4.78 is 13.7. The fraction of sp³-hybridized carbons (Fsp3) is 0.381. The molecule has 0 bridgehead atoms. The van der Waals surface area contributed by atoms with Crippen LogP contribution >= 0.6 is 24.0 Å². The Labute approximate surface area is 188 Å². The van der Waals surface area contributed by atoms with Gasteiger partial charge >= 0.3 is 0 Å². The molecule has 1 fully saturated rings. The Balaban J connectivity index is 0.00000300. The number of guanidine groups is 1. The lowest BCUT2D eigenvalue weighted by atomic mass is 10.1. The second-order valence-corrected chi connectivity index (χ2v) is 6.88. The van der Waals surface area contributed by atoms with Crippen molar-refractivity contribution in [3.63, 3.8) is 0 Å². The van der Waals surface area contributed by atoms with Crippen molar-refractivity contribution in [1.29, 1.82) is 0 Å². The van der Waals surface area contributed by atoms with Gasteiger partial charge < -0.3 is 15.5 Å². The second kappa shape index (κ2) is 11.7. The molecule has 6 nitrogen and oxygen atoms in total. The molecule has 1 aliphatic heterocycles. The van der Waals surface area contributed by atoms with Gasteiger partial charge in [0.1, 0.15) is 5.82 Å². The molecule has 156 valence electrons. The standard InChI is InChI=1S/C21H26FN5O.HI/c1-23-21(26-14-19-18(22)8-5-10-24-19)25-13-17-12-20(28)27(15-17)11-9-16-6-3-2-4-7-16;/h2-8,10,17H,9,11-15H2,1H3,(H2,23,25,26);1H. The molecule has 8 heteroatoms. The molecule has 0 spiro atoms. The Bertz CT molecular complexity index is 818. The van der Waals surface area contributed by atoms with E-state index in [9.17, 15) is 9.18 Å². The van der Waals surface area contributed by atoms with Crippen LogP contribution in [0, 0.1) is 11.7 Å². The van der Waals surface area contributed by atoms with Gasteiger partial charge in [-0.1, -0.05) is 30.3 Å². The van der Waals surface area contributed by atoms with Crippen molar-refractivity contribution in [2.24, 2.45) is 10.9 Å². The Morgan fingerprint density at radius 3 is 2.76 bits per heavy atom. The maximum atomic E-state index is 13.7. The van der Waals surface area contributed by atoms with E-state index >= 15 is 0 Å². The number of carbonyl (C=O) groups is 1. The highest BCUT2D eigenvalue weighted by molar-refractivity contribution is 14.0. The normalized spacial score (nSPS) is 16.5. The van der Waals surface area contributed by atoms with E-state index in [1.165, 1.54) is 11.6 Å². The first kappa shape index (κ1) is 23.1. The van der Waals surface area contributed by atoms with Gasteiger partial charge in [0.2, 0.25) is 5.91 Å². The lowest BCUT2D eigenvalue weighted by Crippen LogP contribution is -2.40. The number of likely N-dealkylation sites (tertiary alicyclic amines) is 1. The van der Waals surface area contributed by atoms with E-state index in [0.717, 1.165) is 19.5 Å². The van der Waals surface area contributed by atoms with Crippen LogP contribution in [0.4, 0.5) is 4.39 Å². The molecule has 2 aromatic rings. The molecule has 2 N–H and O–H groups in total. The number of hydrogen-bond donors (Lipinski definition) is 2. The molecule has 1 amide bonds. The smallest absolute Gasteiger partial charge is 0.223 e. The number of benzene rings is 1. The first-order valence-electron chi connectivity index (χ1n) is 9.51. The monoisotopic (exact) mass is 511 g/mol. The van der Waals surface area contributed by atoms with E-state index in [-0.39, 0.29) is 48.2 Å². The quantitative estimate of drug-likeness (QED) is 0.341. The lowest BCUT2D eigenvalue weighted by molar-refractivity contribution is -0.127. The van der Waals surface area contributed by atoms with E-state index in [2.05, 4.69) is 32.7 Å². The summed E-state index contributed by atoms with van der Waals surface area (Å²) in [7, 11) is 1.66. The van der Waals surface area contributed by atoms with Crippen molar-refractivity contribution in [2.75, 3.05) is 26.7 Å². The average Bonchev–Trinajstić information content (AvgIpc) is 3.08. The molecule has 0 radical (unpaired) electrons. The summed E-state index contributed by atoms with van der Waals surface area (Å²) in [5, 5.41) is 6.28. The van der Waals surface area contributed by atoms with Crippen LogP contribution in [0.15, 0.2) is 53.7 Å². The molecular weight excluding hydrogens is 484 g/mol. The number of carbonyl (C=O) groups excluding carboxylic acids is 1. The van der Waals surface area contributed by atoms with Crippen LogP contribution in [0.3, 0.4) is 0 Å². The van der Waals surface area contributed by atoms with Gasteiger partial charge in [-0.15, -0.1) is 24.0 Å². The van der Waals surface area contributed by atoms with Crippen LogP contribution in [-0.4, -0.2) is 48.4 Å². The van der Waals surface area contributed by atoms with Crippen molar-refractivity contribution < 1.29 is 9.18 Å². The van der Waals surface area contributed by atoms with E-state index in [0.29, 0.717) is 24.6 Å². The minimum absolute atomic E-state index is 0. The third kappa shape index (κ3) is 6.95. The molecule has 3 rings (SSSR count). The second-order valence-electron chi connectivity index (χ2n) is 6.88. The highest BCUT2D eigenvalue weighted by Crippen LogP contribution is 2.17. The summed E-state index contributed by atoms with van der Waals surface area (Å²) >= 11 is 0. The molecular formula is C21H27FIN5O. The van der Waals surface area contributed by atoms with Gasteiger partial charge in [-0.25, -0.2) is 4.39 Å². The molecule has 1 atom stereocenters. The summed E-state index contributed by atoms with van der Waals surface area (Å²) in [6.07, 6.45) is 2.96. The van der Waals surface area contributed by atoms with Crippen LogP contribution in [0.25, 0.3) is 0 Å². The number of amides is 1. The van der Waals surface area contributed by atoms with Gasteiger partial charge in [0.25, 0.3) is 0 Å². The number of pyridine rings is 1. The molecule has 2 heterocycles. The molecule has 1 aliphatic rings. The highest BCUT2D eigenvalue weighted by Gasteiger charge is 2.29. The van der Waals surface area contributed by atoms with E-state index in [4.69, 9.17) is 0 Å². The summed E-state index contributed by atoms with van der Waals surface area (Å²) in [5.41, 5.74) is 1.58. The lowest BCUT2D eigenvalue weighted by Gasteiger charge is -2.18. The number of nitrogens with one attached hydrogen (secondary N) is 2. The van der Waals surface area contributed by atoms with Crippen molar-refractivity contribution in [1.82, 2.24) is 20.5 Å². The predicted molar refractivity (Wildman–Crippen MR) is 123 cm³/mol. The van der Waals surface area contributed by atoms with Crippen molar-refractivity contribution in [3.8, 4) is 0 Å². The summed E-state index contributed by atoms with van der Waals surface area (Å²) in [4.78, 5) is 22.4. The number of aromatic nitrogens is 1. The predicted octanol–water partition coefficient (Wildman–Crippen LogP) is 2.59. The number of nitrogens with zero attached hydrogens (tertiary/aromatic N) is 3. The largest absolute Gasteiger partial charge is 0.356 e. The van der Waals surface area contributed by atoms with Crippen LogP contribution in [0.2, 0.25) is 0 Å². The number of rotatable bonds is 7. The van der Waals surface area contributed by atoms with Gasteiger partial charge in [-0.05, 0) is 24.1 Å². The third-order valence-corrected chi connectivity index (χ3v) is 4.85. The topological polar surface area (TPSA) is 69.6 Å². The van der Waals surface area contributed by atoms with Gasteiger partial charge in [-0.2, -0.15) is 0 Å². The molecule has 0 saturated carbocycles. The first-order valence-corrected chi connectivity index (χ1v) is 9.51. The molecule has 0 aliphatic carbocycles. The zero-order valence-electron chi connectivity index (χ0n) is 16.5. The maximum absolute atomic E-state index is 13.7. The number of hydrogen-bond acceptors (Lipinski definition) is 3. The van der Waals surface area contributed by atoms with Crippen LogP contribution in [-0.2, 0) is 17.8 Å². The van der Waals surface area contributed by atoms with Crippen molar-refractivity contribution in [2.45, 2.75) is 19.4 Å². The fourth-order valence-electron chi connectivity index (χ4n) is 3.29. The van der Waals surface area contributed by atoms with E-state index in [1.54, 1.807) is 19.3 Å². The Morgan fingerprint density at radius 2 is 2.03 bits per heavy atom. The third-order valence-electron chi connectivity index (χ3n) is 4.85. The molecule has 1 aromatic carbocycles. The zero-order chi connectivity index (χ0) is 19.8. The minimum atomic E-state index is -0.346. The molecule has 1 aromatic heterocycles. The van der Waals surface area contributed by atoms with Crippen LogP contribution < -0.4 is 10.6 Å². The average molecular weight is 511 g/mol. The summed E-state index contributed by atoms with van der Waals surface area (Å²) in [5.74, 6) is 0.649. The van der Waals surface area contributed by atoms with Gasteiger partial charge in [-0.3, -0.25) is 14.8 Å². The Hall–Kier alpha value is -2.23. The number of halogens is 2. The van der Waals surface area contributed by atoms with Crippen LogP contribution in [0.5, 0.6) is 0 Å². The number of aliphatic imine (C=N–C) groups is 1. The Kier molecular flexibility index (Phi) is 9.30. The molecule has 29 heavy (non-hydrogen) atoms. The first-order chi connectivity index (χ1) is 13.7.